The van der Waals surface area contributed by atoms with Gasteiger partial charge in [-0.05, 0) is 43.5 Å². The second-order valence-electron chi connectivity index (χ2n) is 7.05. The first kappa shape index (κ1) is 22.0. The maximum absolute atomic E-state index is 12.5. The van der Waals surface area contributed by atoms with E-state index in [2.05, 4.69) is 4.72 Å². The molecule has 29 heavy (non-hydrogen) atoms. The molecule has 0 aliphatic carbocycles. The second-order valence-corrected chi connectivity index (χ2v) is 10.4. The molecule has 1 aromatic heterocycles. The van der Waals surface area contributed by atoms with Gasteiger partial charge in [-0.25, -0.2) is 13.1 Å². The van der Waals surface area contributed by atoms with Crippen molar-refractivity contribution in [2.75, 3.05) is 18.8 Å². The van der Waals surface area contributed by atoms with Gasteiger partial charge in [0.25, 0.3) is 0 Å². The number of nitrogens with zero attached hydrogens (tertiary/aromatic N) is 1. The number of piperidine rings is 1. The minimum atomic E-state index is -3.21. The van der Waals surface area contributed by atoms with Gasteiger partial charge in [0.2, 0.25) is 15.9 Å². The first-order valence-corrected chi connectivity index (χ1v) is 12.5. The van der Waals surface area contributed by atoms with E-state index < -0.39 is 10.0 Å². The van der Waals surface area contributed by atoms with Crippen LogP contribution in [-0.4, -0.2) is 44.1 Å². The summed E-state index contributed by atoms with van der Waals surface area (Å²) in [6, 6.07) is 11.6. The molecule has 1 aromatic carbocycles. The minimum Gasteiger partial charge on any atom is -0.339 e. The fraction of sp³-hybridized carbons (Fsp3) is 0.381. The Balaban J connectivity index is 1.54. The average Bonchev–Trinajstić information content (AvgIpc) is 3.15. The summed E-state index contributed by atoms with van der Waals surface area (Å²) in [4.78, 5) is 16.3. The Kier molecular flexibility index (Phi) is 7.51. The molecule has 1 N–H and O–H groups in total. The van der Waals surface area contributed by atoms with E-state index in [1.165, 1.54) is 0 Å². The molecule has 0 bridgehead atoms. The van der Waals surface area contributed by atoms with Crippen LogP contribution < -0.4 is 4.72 Å². The second kappa shape index (κ2) is 9.89. The molecule has 2 heterocycles. The van der Waals surface area contributed by atoms with Crippen LogP contribution in [0.15, 0.2) is 42.5 Å². The summed E-state index contributed by atoms with van der Waals surface area (Å²) < 4.78 is 26.5. The molecule has 1 amide bonds. The molecule has 0 unspecified atom stereocenters. The Bertz CT molecular complexity index is 977. The number of halogens is 1. The van der Waals surface area contributed by atoms with Gasteiger partial charge in [0.05, 0.1) is 5.75 Å². The Labute approximate surface area is 181 Å². The summed E-state index contributed by atoms with van der Waals surface area (Å²) in [7, 11) is -3.21. The third kappa shape index (κ3) is 6.15. The average molecular weight is 453 g/mol. The highest BCUT2D eigenvalue weighted by atomic mass is 35.5. The maximum atomic E-state index is 12.5. The lowest BCUT2D eigenvalue weighted by Crippen LogP contribution is -2.46. The molecule has 0 atom stereocenters. The normalized spacial score (nSPS) is 15.9. The number of nitrogens with one attached hydrogen (secondary N) is 1. The fourth-order valence-corrected chi connectivity index (χ4v) is 5.95. The van der Waals surface area contributed by atoms with Crippen LogP contribution in [0, 0.1) is 0 Å². The van der Waals surface area contributed by atoms with Crippen LogP contribution in [0.3, 0.4) is 0 Å². The van der Waals surface area contributed by atoms with Crippen molar-refractivity contribution in [3.05, 3.63) is 52.4 Å². The predicted molar refractivity (Wildman–Crippen MR) is 121 cm³/mol. The van der Waals surface area contributed by atoms with E-state index in [0.717, 1.165) is 15.3 Å². The molecule has 1 aliphatic heterocycles. The highest BCUT2D eigenvalue weighted by Gasteiger charge is 2.24. The lowest BCUT2D eigenvalue weighted by atomic mass is 10.1. The zero-order valence-electron chi connectivity index (χ0n) is 16.3. The van der Waals surface area contributed by atoms with E-state index in [9.17, 15) is 13.2 Å². The molecule has 3 rings (SSSR count). The van der Waals surface area contributed by atoms with Gasteiger partial charge in [-0.15, -0.1) is 11.3 Å². The smallest absolute Gasteiger partial charge is 0.246 e. The van der Waals surface area contributed by atoms with Crippen molar-refractivity contribution in [2.24, 2.45) is 0 Å². The topological polar surface area (TPSA) is 66.5 Å². The molecule has 8 heteroatoms. The number of carbonyl (C=O) groups is 1. The van der Waals surface area contributed by atoms with Crippen LogP contribution >= 0.6 is 22.9 Å². The highest BCUT2D eigenvalue weighted by Crippen LogP contribution is 2.33. The third-order valence-electron chi connectivity index (χ3n) is 4.78. The van der Waals surface area contributed by atoms with Gasteiger partial charge in [0, 0.05) is 45.5 Å². The molecule has 156 valence electrons. The molecule has 0 saturated carbocycles. The molecule has 1 saturated heterocycles. The van der Waals surface area contributed by atoms with Crippen molar-refractivity contribution in [3.63, 3.8) is 0 Å². The Morgan fingerprint density at radius 1 is 1.24 bits per heavy atom. The minimum absolute atomic E-state index is 0.0486. The molecule has 0 spiro atoms. The number of carbonyl (C=O) groups excluding carboxylic acids is 1. The SMILES string of the molecule is CCCS(=O)(=O)NC1CCN(C(=O)/C=C/c2ccc(-c3ccccc3Cl)s2)CC1. The third-order valence-corrected chi connectivity index (χ3v) is 7.83. The van der Waals surface area contributed by atoms with Crippen LogP contribution in [-0.2, 0) is 14.8 Å². The van der Waals surface area contributed by atoms with Gasteiger partial charge in [-0.2, -0.15) is 0 Å². The Morgan fingerprint density at radius 3 is 2.66 bits per heavy atom. The maximum Gasteiger partial charge on any atom is 0.246 e. The van der Waals surface area contributed by atoms with Gasteiger partial charge >= 0.3 is 0 Å². The number of rotatable bonds is 7. The van der Waals surface area contributed by atoms with Crippen molar-refractivity contribution >= 4 is 44.9 Å². The lowest BCUT2D eigenvalue weighted by molar-refractivity contribution is -0.126. The summed E-state index contributed by atoms with van der Waals surface area (Å²) in [5.41, 5.74) is 0.984. The Hall–Kier alpha value is -1.67. The van der Waals surface area contributed by atoms with Crippen molar-refractivity contribution in [1.29, 1.82) is 0 Å². The summed E-state index contributed by atoms with van der Waals surface area (Å²) >= 11 is 7.83. The van der Waals surface area contributed by atoms with Crippen LogP contribution in [0.2, 0.25) is 5.02 Å². The first-order chi connectivity index (χ1) is 13.9. The quantitative estimate of drug-likeness (QED) is 0.633. The highest BCUT2D eigenvalue weighted by molar-refractivity contribution is 7.89. The lowest BCUT2D eigenvalue weighted by Gasteiger charge is -2.31. The van der Waals surface area contributed by atoms with Gasteiger partial charge in [-0.1, -0.05) is 36.7 Å². The molecule has 5 nitrogen and oxygen atoms in total. The van der Waals surface area contributed by atoms with E-state index in [1.807, 2.05) is 49.4 Å². The molecule has 1 fully saturated rings. The number of sulfonamides is 1. The van der Waals surface area contributed by atoms with Crippen LogP contribution in [0.5, 0.6) is 0 Å². The van der Waals surface area contributed by atoms with Gasteiger partial charge < -0.3 is 4.90 Å². The number of hydrogen-bond donors (Lipinski definition) is 1. The predicted octanol–water partition coefficient (Wildman–Crippen LogP) is 4.40. The summed E-state index contributed by atoms with van der Waals surface area (Å²) in [6.45, 7) is 2.95. The van der Waals surface area contributed by atoms with E-state index in [4.69, 9.17) is 11.6 Å². The van der Waals surface area contributed by atoms with E-state index in [-0.39, 0.29) is 17.7 Å². The summed E-state index contributed by atoms with van der Waals surface area (Å²) in [5.74, 6) is 0.0962. The van der Waals surface area contributed by atoms with Gasteiger partial charge in [0.15, 0.2) is 0 Å². The van der Waals surface area contributed by atoms with Crippen molar-refractivity contribution < 1.29 is 13.2 Å². The molecular formula is C21H25ClN2O3S2. The van der Waals surface area contributed by atoms with E-state index >= 15 is 0 Å². The van der Waals surface area contributed by atoms with Crippen molar-refractivity contribution in [3.8, 4) is 10.4 Å². The van der Waals surface area contributed by atoms with Gasteiger partial charge in [-0.3, -0.25) is 4.79 Å². The number of amides is 1. The van der Waals surface area contributed by atoms with Crippen LogP contribution in [0.1, 0.15) is 31.1 Å². The monoisotopic (exact) mass is 452 g/mol. The molecule has 2 aromatic rings. The summed E-state index contributed by atoms with van der Waals surface area (Å²) in [6.07, 6.45) is 5.28. The number of likely N-dealkylation sites (tertiary alicyclic amines) is 1. The Morgan fingerprint density at radius 2 is 1.97 bits per heavy atom. The molecule has 1 aliphatic rings. The standard InChI is InChI=1S/C21H25ClN2O3S2/c1-2-15-29(26,27)23-16-11-13-24(14-12-16)21(25)10-8-17-7-9-20(28-17)18-5-3-4-6-19(18)22/h3-10,16,23H,2,11-15H2,1H3/b10-8+. The zero-order valence-corrected chi connectivity index (χ0v) is 18.7. The van der Waals surface area contributed by atoms with Crippen molar-refractivity contribution in [1.82, 2.24) is 9.62 Å². The van der Waals surface area contributed by atoms with Crippen molar-refractivity contribution in [2.45, 2.75) is 32.2 Å². The van der Waals surface area contributed by atoms with Crippen LogP contribution in [0.4, 0.5) is 0 Å². The van der Waals surface area contributed by atoms with Gasteiger partial charge in [0.1, 0.15) is 0 Å². The number of thiophene rings is 1. The number of benzene rings is 1. The van der Waals surface area contributed by atoms with E-state index in [0.29, 0.717) is 37.4 Å². The number of hydrogen-bond acceptors (Lipinski definition) is 4. The van der Waals surface area contributed by atoms with E-state index in [1.54, 1.807) is 22.3 Å². The zero-order chi connectivity index (χ0) is 20.9. The molecular weight excluding hydrogens is 428 g/mol. The largest absolute Gasteiger partial charge is 0.339 e. The van der Waals surface area contributed by atoms with Crippen LogP contribution in [0.25, 0.3) is 16.5 Å². The molecule has 0 radical (unpaired) electrons. The summed E-state index contributed by atoms with van der Waals surface area (Å²) in [5, 5.41) is 0.707. The first-order valence-electron chi connectivity index (χ1n) is 9.69. The fourth-order valence-electron chi connectivity index (χ4n) is 3.31.